The second-order valence-corrected chi connectivity index (χ2v) is 6.58. The molecule has 0 fully saturated rings. The Morgan fingerprint density at radius 1 is 1.19 bits per heavy atom. The minimum absolute atomic E-state index is 0.403. The number of carbonyl (C=O) groups is 1. The number of terminal acetylenes is 1. The Hall–Kier alpha value is -3.36. The number of benzene rings is 2. The summed E-state index contributed by atoms with van der Waals surface area (Å²) in [6, 6.07) is 15.1. The molecule has 0 unspecified atom stereocenters. The first-order chi connectivity index (χ1) is 12.7. The van der Waals surface area contributed by atoms with Gasteiger partial charge in [-0.25, -0.2) is 9.78 Å². The van der Waals surface area contributed by atoms with E-state index < -0.39 is 5.97 Å². The molecule has 0 bridgehead atoms. The lowest BCUT2D eigenvalue weighted by atomic mass is 10.1. The molecule has 4 nitrogen and oxygen atoms in total. The quantitative estimate of drug-likeness (QED) is 0.415. The summed E-state index contributed by atoms with van der Waals surface area (Å²) in [7, 11) is 1.37. The SMILES string of the molecule is C#Cc1cccc(Nc2nc3c(C(=O)OC)cccc3c3sccc23)c1. The third kappa shape index (κ3) is 2.67. The molecular weight excluding hydrogens is 344 g/mol. The number of esters is 1. The van der Waals surface area contributed by atoms with E-state index in [9.17, 15) is 4.79 Å². The van der Waals surface area contributed by atoms with E-state index in [0.29, 0.717) is 16.9 Å². The van der Waals surface area contributed by atoms with E-state index in [1.165, 1.54) is 7.11 Å². The molecular formula is C21H14N2O2S. The minimum atomic E-state index is -0.403. The average molecular weight is 358 g/mol. The van der Waals surface area contributed by atoms with Gasteiger partial charge in [-0.1, -0.05) is 24.1 Å². The van der Waals surface area contributed by atoms with Crippen molar-refractivity contribution < 1.29 is 9.53 Å². The fourth-order valence-electron chi connectivity index (χ4n) is 2.92. The lowest BCUT2D eigenvalue weighted by Gasteiger charge is -2.11. The number of anilines is 2. The summed E-state index contributed by atoms with van der Waals surface area (Å²) in [6.45, 7) is 0. The summed E-state index contributed by atoms with van der Waals surface area (Å²) in [6.07, 6.45) is 5.49. The number of hydrogen-bond donors (Lipinski definition) is 1. The van der Waals surface area contributed by atoms with Crippen LogP contribution in [-0.4, -0.2) is 18.1 Å². The van der Waals surface area contributed by atoms with Crippen LogP contribution in [0.2, 0.25) is 0 Å². The Morgan fingerprint density at radius 2 is 2.04 bits per heavy atom. The normalized spacial score (nSPS) is 10.6. The number of nitrogens with zero attached hydrogens (tertiary/aromatic N) is 1. The van der Waals surface area contributed by atoms with Crippen LogP contribution in [-0.2, 0) is 4.74 Å². The number of methoxy groups -OCH3 is 1. The van der Waals surface area contributed by atoms with E-state index in [-0.39, 0.29) is 0 Å². The van der Waals surface area contributed by atoms with Gasteiger partial charge in [-0.2, -0.15) is 0 Å². The number of carbonyl (C=O) groups excluding carboxylic acids is 1. The van der Waals surface area contributed by atoms with Crippen LogP contribution in [0.4, 0.5) is 11.5 Å². The number of nitrogens with one attached hydrogen (secondary N) is 1. The summed E-state index contributed by atoms with van der Waals surface area (Å²) < 4.78 is 5.97. The first-order valence-corrected chi connectivity index (χ1v) is 8.81. The first kappa shape index (κ1) is 16.1. The summed E-state index contributed by atoms with van der Waals surface area (Å²) in [5.74, 6) is 2.90. The highest BCUT2D eigenvalue weighted by molar-refractivity contribution is 7.18. The molecule has 0 amide bonds. The Labute approximate surface area is 154 Å². The average Bonchev–Trinajstić information content (AvgIpc) is 3.18. The number of para-hydroxylation sites is 1. The maximum Gasteiger partial charge on any atom is 0.340 e. The van der Waals surface area contributed by atoms with Crippen molar-refractivity contribution in [3.63, 3.8) is 0 Å². The summed E-state index contributed by atoms with van der Waals surface area (Å²) in [5, 5.41) is 7.27. The predicted molar refractivity (Wildman–Crippen MR) is 106 cm³/mol. The van der Waals surface area contributed by atoms with Crippen LogP contribution in [0.1, 0.15) is 15.9 Å². The Bertz CT molecular complexity index is 1190. The van der Waals surface area contributed by atoms with Crippen LogP contribution < -0.4 is 5.32 Å². The first-order valence-electron chi connectivity index (χ1n) is 7.93. The number of pyridine rings is 1. The van der Waals surface area contributed by atoms with Crippen molar-refractivity contribution in [3.05, 3.63) is 65.0 Å². The van der Waals surface area contributed by atoms with Crippen LogP contribution in [0.3, 0.4) is 0 Å². The van der Waals surface area contributed by atoms with Gasteiger partial charge in [-0.3, -0.25) is 0 Å². The molecule has 0 spiro atoms. The topological polar surface area (TPSA) is 51.2 Å². The lowest BCUT2D eigenvalue weighted by molar-refractivity contribution is 0.0603. The number of aromatic nitrogens is 1. The second-order valence-electron chi connectivity index (χ2n) is 5.67. The van der Waals surface area contributed by atoms with E-state index in [1.807, 2.05) is 47.8 Å². The van der Waals surface area contributed by atoms with E-state index >= 15 is 0 Å². The highest BCUT2D eigenvalue weighted by atomic mass is 32.1. The maximum absolute atomic E-state index is 12.2. The number of thiophene rings is 1. The second kappa shape index (κ2) is 6.51. The zero-order chi connectivity index (χ0) is 18.1. The van der Waals surface area contributed by atoms with Crippen molar-refractivity contribution >= 4 is 49.8 Å². The van der Waals surface area contributed by atoms with E-state index in [2.05, 4.69) is 11.2 Å². The van der Waals surface area contributed by atoms with Gasteiger partial charge in [0, 0.05) is 26.7 Å². The molecule has 2 aromatic heterocycles. The number of hydrogen-bond acceptors (Lipinski definition) is 5. The van der Waals surface area contributed by atoms with Crippen molar-refractivity contribution in [2.45, 2.75) is 0 Å². The van der Waals surface area contributed by atoms with Crippen LogP contribution in [0.25, 0.3) is 21.0 Å². The Morgan fingerprint density at radius 3 is 2.85 bits per heavy atom. The van der Waals surface area contributed by atoms with E-state index in [1.54, 1.807) is 17.4 Å². The van der Waals surface area contributed by atoms with Crippen molar-refractivity contribution in [1.29, 1.82) is 0 Å². The van der Waals surface area contributed by atoms with Crippen LogP contribution in [0, 0.1) is 12.3 Å². The molecule has 0 aliphatic heterocycles. The largest absolute Gasteiger partial charge is 0.465 e. The zero-order valence-corrected chi connectivity index (χ0v) is 14.8. The number of ether oxygens (including phenoxy) is 1. The standard InChI is InChI=1S/C21H14N2O2S/c1-3-13-6-4-7-14(12-13)22-20-17-10-11-26-19(17)15-8-5-9-16(18(15)23-20)21(24)25-2/h1,4-12H,2H3,(H,22,23). The molecule has 0 saturated carbocycles. The van der Waals surface area contributed by atoms with Gasteiger partial charge in [-0.15, -0.1) is 17.8 Å². The summed E-state index contributed by atoms with van der Waals surface area (Å²) in [4.78, 5) is 16.9. The van der Waals surface area contributed by atoms with Gasteiger partial charge in [0.05, 0.1) is 18.2 Å². The van der Waals surface area contributed by atoms with Crippen LogP contribution in [0.15, 0.2) is 53.9 Å². The van der Waals surface area contributed by atoms with Crippen molar-refractivity contribution in [3.8, 4) is 12.3 Å². The van der Waals surface area contributed by atoms with Crippen molar-refractivity contribution in [2.75, 3.05) is 12.4 Å². The van der Waals surface area contributed by atoms with Crippen LogP contribution in [0.5, 0.6) is 0 Å². The van der Waals surface area contributed by atoms with E-state index in [0.717, 1.165) is 26.7 Å². The smallest absolute Gasteiger partial charge is 0.340 e. The van der Waals surface area contributed by atoms with Gasteiger partial charge in [0.25, 0.3) is 0 Å². The molecule has 4 rings (SSSR count). The molecule has 1 N–H and O–H groups in total. The fraction of sp³-hybridized carbons (Fsp3) is 0.0476. The predicted octanol–water partition coefficient (Wildman–Crippen LogP) is 4.96. The molecule has 0 radical (unpaired) electrons. The highest BCUT2D eigenvalue weighted by Gasteiger charge is 2.16. The third-order valence-corrected chi connectivity index (χ3v) is 5.07. The molecule has 2 heterocycles. The maximum atomic E-state index is 12.2. The third-order valence-electron chi connectivity index (χ3n) is 4.12. The van der Waals surface area contributed by atoms with Crippen molar-refractivity contribution in [1.82, 2.24) is 4.98 Å². The van der Waals surface area contributed by atoms with Gasteiger partial charge in [0.15, 0.2) is 0 Å². The molecule has 126 valence electrons. The molecule has 4 aromatic rings. The lowest BCUT2D eigenvalue weighted by Crippen LogP contribution is -2.04. The van der Waals surface area contributed by atoms with Gasteiger partial charge in [0.2, 0.25) is 0 Å². The Kier molecular flexibility index (Phi) is 4.04. The molecule has 5 heteroatoms. The van der Waals surface area contributed by atoms with Crippen LogP contribution >= 0.6 is 11.3 Å². The minimum Gasteiger partial charge on any atom is -0.465 e. The number of rotatable bonds is 3. The van der Waals surface area contributed by atoms with Crippen molar-refractivity contribution in [2.24, 2.45) is 0 Å². The van der Waals surface area contributed by atoms with Gasteiger partial charge in [0.1, 0.15) is 5.82 Å². The molecule has 26 heavy (non-hydrogen) atoms. The van der Waals surface area contributed by atoms with Gasteiger partial charge in [-0.05, 0) is 35.7 Å². The van der Waals surface area contributed by atoms with E-state index in [4.69, 9.17) is 16.1 Å². The highest BCUT2D eigenvalue weighted by Crippen LogP contribution is 2.36. The molecule has 0 atom stereocenters. The summed E-state index contributed by atoms with van der Waals surface area (Å²) in [5.41, 5.74) is 2.69. The monoisotopic (exact) mass is 358 g/mol. The molecule has 0 aliphatic carbocycles. The van der Waals surface area contributed by atoms with Gasteiger partial charge >= 0.3 is 5.97 Å². The number of fused-ring (bicyclic) bond motifs is 3. The fourth-order valence-corrected chi connectivity index (χ4v) is 3.84. The molecule has 2 aromatic carbocycles. The molecule has 0 saturated heterocycles. The molecule has 0 aliphatic rings. The van der Waals surface area contributed by atoms with Gasteiger partial charge < -0.3 is 10.1 Å². The Balaban J connectivity index is 1.94. The summed E-state index contributed by atoms with van der Waals surface area (Å²) >= 11 is 1.61. The zero-order valence-electron chi connectivity index (χ0n) is 13.9.